The molecule has 2 aromatic rings. The van der Waals surface area contributed by atoms with Crippen LogP contribution in [0.3, 0.4) is 0 Å². The summed E-state index contributed by atoms with van der Waals surface area (Å²) < 4.78 is 5.28. The molecular weight excluding hydrogens is 348 g/mol. The summed E-state index contributed by atoms with van der Waals surface area (Å²) in [7, 11) is 1.39. The van der Waals surface area contributed by atoms with E-state index in [1.165, 1.54) is 25.3 Å². The first kappa shape index (κ1) is 20.0. The fourth-order valence-electron chi connectivity index (χ4n) is 2.88. The van der Waals surface area contributed by atoms with Crippen LogP contribution in [0.2, 0.25) is 0 Å². The van der Waals surface area contributed by atoms with Crippen LogP contribution < -0.4 is 4.74 Å². The number of hydrogen-bond acceptors (Lipinski definition) is 6. The molecule has 2 aromatic carbocycles. The smallest absolute Gasteiger partial charge is 0.201 e. The Kier molecular flexibility index (Phi) is 5.90. The fourth-order valence-corrected chi connectivity index (χ4v) is 2.88. The van der Waals surface area contributed by atoms with E-state index >= 15 is 0 Å². The molecule has 2 rings (SSSR count). The third kappa shape index (κ3) is 3.95. The Morgan fingerprint density at radius 3 is 2.11 bits per heavy atom. The first-order valence-corrected chi connectivity index (χ1v) is 8.29. The Morgan fingerprint density at radius 1 is 1.04 bits per heavy atom. The number of aryl methyl sites for hydroxylation is 1. The first-order chi connectivity index (χ1) is 12.7. The molecule has 0 aliphatic rings. The number of carbonyl (C=O) groups excluding carboxylic acids is 2. The van der Waals surface area contributed by atoms with Gasteiger partial charge in [0, 0.05) is 17.2 Å². The fraction of sp³-hybridized carbons (Fsp3) is 0.238. The monoisotopic (exact) mass is 370 g/mol. The molecule has 142 valence electrons. The highest BCUT2D eigenvalue weighted by molar-refractivity contribution is 6.17. The number of ketones is 1. The van der Waals surface area contributed by atoms with Crippen molar-refractivity contribution >= 4 is 12.1 Å². The van der Waals surface area contributed by atoms with Gasteiger partial charge in [-0.05, 0) is 44.9 Å². The average molecular weight is 370 g/mol. The number of carbonyl (C=O) groups is 2. The molecule has 6 nitrogen and oxygen atoms in total. The summed E-state index contributed by atoms with van der Waals surface area (Å²) >= 11 is 0. The van der Waals surface area contributed by atoms with Crippen LogP contribution in [0.4, 0.5) is 0 Å². The van der Waals surface area contributed by atoms with Gasteiger partial charge in [0.25, 0.3) is 0 Å². The van der Waals surface area contributed by atoms with Crippen molar-refractivity contribution in [3.63, 3.8) is 0 Å². The van der Waals surface area contributed by atoms with Gasteiger partial charge in [-0.3, -0.25) is 9.59 Å². The lowest BCUT2D eigenvalue weighted by molar-refractivity contribution is 0.102. The number of allylic oxidation sites excluding steroid dienone is 2. The van der Waals surface area contributed by atoms with Crippen molar-refractivity contribution in [3.8, 4) is 23.0 Å². The third-order valence-electron chi connectivity index (χ3n) is 4.16. The van der Waals surface area contributed by atoms with E-state index in [1.807, 2.05) is 19.9 Å². The zero-order chi connectivity index (χ0) is 20.3. The zero-order valence-electron chi connectivity index (χ0n) is 15.7. The van der Waals surface area contributed by atoms with Crippen LogP contribution in [0, 0.1) is 6.92 Å². The summed E-state index contributed by atoms with van der Waals surface area (Å²) in [5, 5.41) is 30.6. The molecule has 0 heterocycles. The van der Waals surface area contributed by atoms with Crippen LogP contribution in [0.5, 0.6) is 23.0 Å². The van der Waals surface area contributed by atoms with Crippen LogP contribution >= 0.6 is 0 Å². The summed E-state index contributed by atoms with van der Waals surface area (Å²) in [6.07, 6.45) is 2.48. The Hall–Kier alpha value is -3.28. The van der Waals surface area contributed by atoms with Crippen molar-refractivity contribution in [3.05, 3.63) is 57.7 Å². The number of phenols is 3. The average Bonchev–Trinajstić information content (AvgIpc) is 2.58. The summed E-state index contributed by atoms with van der Waals surface area (Å²) in [4.78, 5) is 24.8. The summed E-state index contributed by atoms with van der Waals surface area (Å²) in [6, 6.07) is 3.94. The van der Waals surface area contributed by atoms with E-state index in [0.29, 0.717) is 17.4 Å². The first-order valence-electron chi connectivity index (χ1n) is 8.29. The maximum atomic E-state index is 13.2. The predicted molar refractivity (Wildman–Crippen MR) is 101 cm³/mol. The molecule has 0 atom stereocenters. The molecule has 0 aliphatic heterocycles. The zero-order valence-corrected chi connectivity index (χ0v) is 15.7. The molecule has 0 aliphatic carbocycles. The highest BCUT2D eigenvalue weighted by Crippen LogP contribution is 2.38. The standard InChI is InChI=1S/C21H22O6/c1-11(2)5-6-13-18(27-4)9-15(23)14(10-22)19(13)21(26)20-16(24)7-12(3)8-17(20)25/h5,7-10,23-25H,6H2,1-4H3. The molecule has 0 bridgehead atoms. The molecule has 0 aromatic heterocycles. The number of benzene rings is 2. The van der Waals surface area contributed by atoms with Crippen LogP contribution in [0.25, 0.3) is 0 Å². The van der Waals surface area contributed by atoms with E-state index in [0.717, 1.165) is 5.57 Å². The second kappa shape index (κ2) is 7.95. The van der Waals surface area contributed by atoms with E-state index < -0.39 is 23.0 Å². The number of aromatic hydroxyl groups is 3. The van der Waals surface area contributed by atoms with Crippen molar-refractivity contribution < 1.29 is 29.6 Å². The molecule has 0 unspecified atom stereocenters. The maximum Gasteiger partial charge on any atom is 0.201 e. The number of methoxy groups -OCH3 is 1. The highest BCUT2D eigenvalue weighted by atomic mass is 16.5. The van der Waals surface area contributed by atoms with Gasteiger partial charge in [0.2, 0.25) is 5.78 Å². The van der Waals surface area contributed by atoms with Crippen LogP contribution in [0.15, 0.2) is 29.8 Å². The van der Waals surface area contributed by atoms with Crippen molar-refractivity contribution in [2.45, 2.75) is 27.2 Å². The Balaban J connectivity index is 2.84. The van der Waals surface area contributed by atoms with Crippen molar-refractivity contribution in [1.29, 1.82) is 0 Å². The number of hydrogen-bond donors (Lipinski definition) is 3. The molecule has 3 N–H and O–H groups in total. The van der Waals surface area contributed by atoms with Gasteiger partial charge in [-0.15, -0.1) is 0 Å². The lowest BCUT2D eigenvalue weighted by atomic mass is 9.89. The minimum atomic E-state index is -0.779. The van der Waals surface area contributed by atoms with Gasteiger partial charge in [0.05, 0.1) is 12.7 Å². The molecule has 0 saturated carbocycles. The minimum absolute atomic E-state index is 0.117. The van der Waals surface area contributed by atoms with Gasteiger partial charge in [-0.25, -0.2) is 0 Å². The summed E-state index contributed by atoms with van der Waals surface area (Å²) in [6.45, 7) is 5.42. The largest absolute Gasteiger partial charge is 0.507 e. The van der Waals surface area contributed by atoms with Gasteiger partial charge >= 0.3 is 0 Å². The molecule has 0 fully saturated rings. The van der Waals surface area contributed by atoms with E-state index in [-0.39, 0.29) is 28.9 Å². The molecule has 6 heteroatoms. The van der Waals surface area contributed by atoms with E-state index in [4.69, 9.17) is 4.74 Å². The lowest BCUT2D eigenvalue weighted by Crippen LogP contribution is -2.12. The number of rotatable bonds is 6. The van der Waals surface area contributed by atoms with Gasteiger partial charge in [0.15, 0.2) is 6.29 Å². The second-order valence-corrected chi connectivity index (χ2v) is 6.48. The Labute approximate surface area is 157 Å². The van der Waals surface area contributed by atoms with E-state index in [1.54, 1.807) is 6.92 Å². The van der Waals surface area contributed by atoms with Gasteiger partial charge in [-0.2, -0.15) is 0 Å². The van der Waals surface area contributed by atoms with Crippen LogP contribution in [-0.4, -0.2) is 34.5 Å². The maximum absolute atomic E-state index is 13.2. The second-order valence-electron chi connectivity index (χ2n) is 6.48. The lowest BCUT2D eigenvalue weighted by Gasteiger charge is -2.17. The highest BCUT2D eigenvalue weighted by Gasteiger charge is 2.28. The molecular formula is C21H22O6. The Bertz CT molecular complexity index is 913. The normalized spacial score (nSPS) is 10.4. The van der Waals surface area contributed by atoms with Crippen LogP contribution in [0.1, 0.15) is 51.3 Å². The number of aldehydes is 1. The minimum Gasteiger partial charge on any atom is -0.507 e. The Morgan fingerprint density at radius 2 is 1.63 bits per heavy atom. The third-order valence-corrected chi connectivity index (χ3v) is 4.16. The van der Waals surface area contributed by atoms with Crippen LogP contribution in [-0.2, 0) is 6.42 Å². The van der Waals surface area contributed by atoms with Gasteiger partial charge in [0.1, 0.15) is 28.6 Å². The van der Waals surface area contributed by atoms with E-state index in [9.17, 15) is 24.9 Å². The summed E-state index contributed by atoms with van der Waals surface area (Å²) in [5.74, 6) is -1.80. The molecule has 0 saturated heterocycles. The molecule has 0 spiro atoms. The van der Waals surface area contributed by atoms with Gasteiger partial charge < -0.3 is 20.1 Å². The molecule has 27 heavy (non-hydrogen) atoms. The molecule has 0 amide bonds. The quantitative estimate of drug-likeness (QED) is 0.407. The number of ether oxygens (including phenoxy) is 1. The SMILES string of the molecule is COc1cc(O)c(C=O)c(C(=O)c2c(O)cc(C)cc2O)c1CC=C(C)C. The van der Waals surface area contributed by atoms with Crippen molar-refractivity contribution in [1.82, 2.24) is 0 Å². The van der Waals surface area contributed by atoms with Crippen molar-refractivity contribution in [2.24, 2.45) is 0 Å². The molecule has 0 radical (unpaired) electrons. The number of phenolic OH excluding ortho intramolecular Hbond substituents is 3. The topological polar surface area (TPSA) is 104 Å². The van der Waals surface area contributed by atoms with E-state index in [2.05, 4.69) is 0 Å². The van der Waals surface area contributed by atoms with Crippen molar-refractivity contribution in [2.75, 3.05) is 7.11 Å². The van der Waals surface area contributed by atoms with Gasteiger partial charge in [-0.1, -0.05) is 11.6 Å². The predicted octanol–water partition coefficient (Wildman–Crippen LogP) is 3.67. The summed E-state index contributed by atoms with van der Waals surface area (Å²) in [5.41, 5.74) is 1.25.